The first kappa shape index (κ1) is 27.2. The van der Waals surface area contributed by atoms with Crippen LogP contribution in [-0.4, -0.2) is 77.3 Å². The number of carbonyl (C=O) groups is 3. The Morgan fingerprint density at radius 1 is 1.24 bits per heavy atom. The molecular formula is C27H31F2N5O4. The third-order valence-electron chi connectivity index (χ3n) is 7.18. The lowest BCUT2D eigenvalue weighted by atomic mass is 9.92. The van der Waals surface area contributed by atoms with Gasteiger partial charge < -0.3 is 19.9 Å². The van der Waals surface area contributed by atoms with Crippen LogP contribution in [0.1, 0.15) is 49.4 Å². The number of halogens is 2. The van der Waals surface area contributed by atoms with Gasteiger partial charge in [0.15, 0.2) is 0 Å². The van der Waals surface area contributed by atoms with E-state index in [-0.39, 0.29) is 11.5 Å². The minimum absolute atomic E-state index is 0.126. The fraction of sp³-hybridized carbons (Fsp3) is 0.519. The highest BCUT2D eigenvalue weighted by molar-refractivity contribution is 6.07. The minimum atomic E-state index is -3.12. The highest BCUT2D eigenvalue weighted by Gasteiger charge is 2.47. The first-order valence-corrected chi connectivity index (χ1v) is 12.8. The van der Waals surface area contributed by atoms with Crippen molar-refractivity contribution in [2.45, 2.75) is 51.0 Å². The van der Waals surface area contributed by atoms with E-state index in [0.717, 1.165) is 43.7 Å². The lowest BCUT2D eigenvalue weighted by Crippen LogP contribution is -2.43. The minimum Gasteiger partial charge on any atom is -0.494 e. The molecular weight excluding hydrogens is 496 g/mol. The van der Waals surface area contributed by atoms with Crippen molar-refractivity contribution in [2.75, 3.05) is 32.8 Å². The first-order chi connectivity index (χ1) is 18.2. The summed E-state index contributed by atoms with van der Waals surface area (Å²) in [5, 5.41) is 12.1. The van der Waals surface area contributed by atoms with Gasteiger partial charge in [0.2, 0.25) is 11.8 Å². The number of hydrogen-bond donors (Lipinski definition) is 1. The molecule has 2 fully saturated rings. The number of carbonyl (C=O) groups excluding carboxylic acids is 3. The highest BCUT2D eigenvalue weighted by Crippen LogP contribution is 2.31. The van der Waals surface area contributed by atoms with Crippen LogP contribution in [0.3, 0.4) is 0 Å². The Morgan fingerprint density at radius 2 is 2.00 bits per heavy atom. The number of fused-ring (bicyclic) bond motifs is 1. The van der Waals surface area contributed by atoms with Crippen LogP contribution in [-0.2, 0) is 9.59 Å². The predicted molar refractivity (Wildman–Crippen MR) is 134 cm³/mol. The summed E-state index contributed by atoms with van der Waals surface area (Å²) < 4.78 is 33.2. The maximum Gasteiger partial charge on any atom is 0.268 e. The van der Waals surface area contributed by atoms with Crippen LogP contribution in [0.2, 0.25) is 0 Å². The molecule has 2 saturated heterocycles. The van der Waals surface area contributed by atoms with Crippen LogP contribution in [0, 0.1) is 17.2 Å². The van der Waals surface area contributed by atoms with Crippen LogP contribution in [0.5, 0.6) is 5.75 Å². The molecule has 0 spiro atoms. The van der Waals surface area contributed by atoms with Crippen LogP contribution >= 0.6 is 0 Å². The van der Waals surface area contributed by atoms with Gasteiger partial charge in [-0.05, 0) is 55.9 Å². The SMILES string of the molecule is CC(=O)N1CCC(CCCOc2ccc3nccc(C(=O)NCC(=O)N4CC(F)(F)C[C@@H]4C#N)c3c2)CC1. The molecule has 0 unspecified atom stereocenters. The summed E-state index contributed by atoms with van der Waals surface area (Å²) in [4.78, 5) is 43.8. The van der Waals surface area contributed by atoms with E-state index in [9.17, 15) is 23.2 Å². The standard InChI is InChI=1S/C27H31F2N5O4/c1-18(35)33-10-7-19(8-11-33)3-2-12-38-21-4-5-24-23(13-21)22(6-9-31-24)26(37)32-16-25(36)34-17-27(28,29)14-20(34)15-30/h4-6,9,13,19-20H,2-3,7-8,10-12,14,16-17H2,1H3,(H,32,37)/t20-/m1/s1. The van der Waals surface area contributed by atoms with E-state index in [1.165, 1.54) is 12.3 Å². The molecule has 11 heteroatoms. The number of hydrogen-bond acceptors (Lipinski definition) is 6. The van der Waals surface area contributed by atoms with Gasteiger partial charge in [-0.25, -0.2) is 8.78 Å². The third kappa shape index (κ3) is 6.54. The van der Waals surface area contributed by atoms with E-state index in [2.05, 4.69) is 10.3 Å². The van der Waals surface area contributed by atoms with Gasteiger partial charge in [0.1, 0.15) is 11.8 Å². The van der Waals surface area contributed by atoms with Gasteiger partial charge in [0.25, 0.3) is 11.8 Å². The summed E-state index contributed by atoms with van der Waals surface area (Å²) in [6.45, 7) is 2.38. The number of nitriles is 1. The number of nitrogens with one attached hydrogen (secondary N) is 1. The van der Waals surface area contributed by atoms with Crippen molar-refractivity contribution in [2.24, 2.45) is 5.92 Å². The maximum absolute atomic E-state index is 13.7. The van der Waals surface area contributed by atoms with Crippen molar-refractivity contribution in [3.63, 3.8) is 0 Å². The lowest BCUT2D eigenvalue weighted by molar-refractivity contribution is -0.131. The molecule has 3 amide bonds. The Hall–Kier alpha value is -3.81. The van der Waals surface area contributed by atoms with Gasteiger partial charge in [0, 0.05) is 38.0 Å². The molecule has 0 saturated carbocycles. The number of alkyl halides is 2. The molecule has 4 rings (SSSR count). The Labute approximate surface area is 219 Å². The lowest BCUT2D eigenvalue weighted by Gasteiger charge is -2.31. The van der Waals surface area contributed by atoms with Crippen LogP contribution in [0.15, 0.2) is 30.5 Å². The number of rotatable bonds is 8. The molecule has 0 aliphatic carbocycles. The molecule has 0 radical (unpaired) electrons. The van der Waals surface area contributed by atoms with E-state index in [0.29, 0.717) is 29.2 Å². The summed E-state index contributed by atoms with van der Waals surface area (Å²) in [7, 11) is 0. The molecule has 2 aliphatic heterocycles. The van der Waals surface area contributed by atoms with Crippen molar-refractivity contribution in [1.29, 1.82) is 5.26 Å². The Balaban J connectivity index is 1.31. The second-order valence-corrected chi connectivity index (χ2v) is 9.89. The van der Waals surface area contributed by atoms with E-state index >= 15 is 0 Å². The zero-order valence-corrected chi connectivity index (χ0v) is 21.3. The number of likely N-dealkylation sites (tertiary alicyclic amines) is 2. The quantitative estimate of drug-likeness (QED) is 0.528. The van der Waals surface area contributed by atoms with Gasteiger partial charge in [-0.2, -0.15) is 5.26 Å². The predicted octanol–water partition coefficient (Wildman–Crippen LogP) is 3.14. The number of amides is 3. The number of ether oxygens (including phenoxy) is 1. The zero-order chi connectivity index (χ0) is 27.3. The molecule has 202 valence electrons. The zero-order valence-electron chi connectivity index (χ0n) is 21.3. The first-order valence-electron chi connectivity index (χ1n) is 12.8. The molecule has 3 heterocycles. The summed E-state index contributed by atoms with van der Waals surface area (Å²) in [6, 6.07) is 7.26. The van der Waals surface area contributed by atoms with E-state index in [1.54, 1.807) is 31.2 Å². The van der Waals surface area contributed by atoms with E-state index in [4.69, 9.17) is 10.00 Å². The number of benzene rings is 1. The Bertz CT molecular complexity index is 1240. The molecule has 1 aromatic carbocycles. The monoisotopic (exact) mass is 527 g/mol. The second-order valence-electron chi connectivity index (χ2n) is 9.89. The summed E-state index contributed by atoms with van der Waals surface area (Å²) in [5.74, 6) is -3.14. The van der Waals surface area contributed by atoms with Crippen molar-refractivity contribution in [3.05, 3.63) is 36.0 Å². The molecule has 1 atom stereocenters. The largest absolute Gasteiger partial charge is 0.494 e. The molecule has 1 aromatic heterocycles. The van der Waals surface area contributed by atoms with Gasteiger partial charge >= 0.3 is 0 Å². The summed E-state index contributed by atoms with van der Waals surface area (Å²) >= 11 is 0. The smallest absolute Gasteiger partial charge is 0.268 e. The Kier molecular flexibility index (Phi) is 8.39. The average molecular weight is 528 g/mol. The second kappa shape index (κ2) is 11.7. The molecule has 2 aliphatic rings. The van der Waals surface area contributed by atoms with Crippen molar-refractivity contribution in [3.8, 4) is 11.8 Å². The molecule has 2 aromatic rings. The van der Waals surface area contributed by atoms with Crippen molar-refractivity contribution < 1.29 is 27.9 Å². The summed E-state index contributed by atoms with van der Waals surface area (Å²) in [6.07, 6.45) is 4.64. The molecule has 38 heavy (non-hydrogen) atoms. The third-order valence-corrected chi connectivity index (χ3v) is 7.18. The van der Waals surface area contributed by atoms with Gasteiger partial charge in [-0.3, -0.25) is 19.4 Å². The van der Waals surface area contributed by atoms with Gasteiger partial charge in [0.05, 0.1) is 36.8 Å². The number of aromatic nitrogens is 1. The van der Waals surface area contributed by atoms with Crippen LogP contribution in [0.25, 0.3) is 10.9 Å². The molecule has 1 N–H and O–H groups in total. The molecule has 9 nitrogen and oxygen atoms in total. The highest BCUT2D eigenvalue weighted by atomic mass is 19.3. The maximum atomic E-state index is 13.7. The summed E-state index contributed by atoms with van der Waals surface area (Å²) in [5.41, 5.74) is 0.839. The van der Waals surface area contributed by atoms with Gasteiger partial charge in [-0.15, -0.1) is 0 Å². The number of nitrogens with zero attached hydrogens (tertiary/aromatic N) is 4. The van der Waals surface area contributed by atoms with Crippen LogP contribution < -0.4 is 10.1 Å². The average Bonchev–Trinajstić information content (AvgIpc) is 3.24. The Morgan fingerprint density at radius 3 is 2.71 bits per heavy atom. The van der Waals surface area contributed by atoms with E-state index < -0.39 is 43.3 Å². The topological polar surface area (TPSA) is 116 Å². The fourth-order valence-electron chi connectivity index (χ4n) is 5.06. The number of pyridine rings is 1. The number of piperidine rings is 1. The van der Waals surface area contributed by atoms with Crippen LogP contribution in [0.4, 0.5) is 8.78 Å². The van der Waals surface area contributed by atoms with Crippen molar-refractivity contribution in [1.82, 2.24) is 20.1 Å². The van der Waals surface area contributed by atoms with Gasteiger partial charge in [-0.1, -0.05) is 0 Å². The normalized spacial score (nSPS) is 19.3. The molecule has 0 bridgehead atoms. The van der Waals surface area contributed by atoms with E-state index in [1.807, 2.05) is 4.90 Å². The van der Waals surface area contributed by atoms with Crippen molar-refractivity contribution >= 4 is 28.6 Å². The fourth-order valence-corrected chi connectivity index (χ4v) is 5.06.